The average Bonchev–Trinajstić information content (AvgIpc) is 2.41. The lowest BCUT2D eigenvalue weighted by atomic mass is 9.90. The predicted octanol–water partition coefficient (Wildman–Crippen LogP) is 5.30. The molecule has 0 saturated carbocycles. The standard InChI is InChI=1S/C17H35N/c1-4-7-8-9-10-11-12-13-17(15-18)14-16(5-2)6-3/h12-13,16-17H,4-11,14-15,18H2,1-3H3/b13-12-. The Morgan fingerprint density at radius 1 is 0.944 bits per heavy atom. The highest BCUT2D eigenvalue weighted by atomic mass is 14.5. The Bertz CT molecular complexity index is 182. The van der Waals surface area contributed by atoms with Crippen LogP contribution in [-0.4, -0.2) is 6.54 Å². The van der Waals surface area contributed by atoms with Crippen molar-refractivity contribution in [2.24, 2.45) is 17.6 Å². The van der Waals surface area contributed by atoms with Crippen molar-refractivity contribution in [3.05, 3.63) is 12.2 Å². The number of unbranched alkanes of at least 4 members (excludes halogenated alkanes) is 5. The molecular weight excluding hydrogens is 218 g/mol. The third-order valence-corrected chi connectivity index (χ3v) is 3.98. The lowest BCUT2D eigenvalue weighted by molar-refractivity contribution is 0.397. The van der Waals surface area contributed by atoms with E-state index in [4.69, 9.17) is 5.73 Å². The van der Waals surface area contributed by atoms with Gasteiger partial charge in [0.15, 0.2) is 0 Å². The van der Waals surface area contributed by atoms with Gasteiger partial charge in [-0.2, -0.15) is 0 Å². The summed E-state index contributed by atoms with van der Waals surface area (Å²) in [5, 5.41) is 0. The summed E-state index contributed by atoms with van der Waals surface area (Å²) in [5.74, 6) is 1.46. The molecule has 1 unspecified atom stereocenters. The quantitative estimate of drug-likeness (QED) is 0.370. The average molecular weight is 253 g/mol. The molecular formula is C17H35N. The van der Waals surface area contributed by atoms with Crippen molar-refractivity contribution in [2.75, 3.05) is 6.54 Å². The van der Waals surface area contributed by atoms with E-state index in [-0.39, 0.29) is 0 Å². The maximum Gasteiger partial charge on any atom is -0.00141 e. The van der Waals surface area contributed by atoms with Gasteiger partial charge in [0.1, 0.15) is 0 Å². The molecule has 0 aromatic carbocycles. The first-order valence-corrected chi connectivity index (χ1v) is 8.15. The van der Waals surface area contributed by atoms with Crippen LogP contribution in [0.3, 0.4) is 0 Å². The van der Waals surface area contributed by atoms with E-state index in [0.29, 0.717) is 5.92 Å². The molecule has 1 atom stereocenters. The Hall–Kier alpha value is -0.300. The molecule has 0 aliphatic rings. The van der Waals surface area contributed by atoms with Crippen molar-refractivity contribution in [3.63, 3.8) is 0 Å². The largest absolute Gasteiger partial charge is 0.330 e. The summed E-state index contributed by atoms with van der Waals surface area (Å²) in [5.41, 5.74) is 5.86. The molecule has 1 nitrogen and oxygen atoms in total. The zero-order chi connectivity index (χ0) is 13.6. The summed E-state index contributed by atoms with van der Waals surface area (Å²) >= 11 is 0. The van der Waals surface area contributed by atoms with Crippen LogP contribution in [0.2, 0.25) is 0 Å². The Morgan fingerprint density at radius 2 is 1.61 bits per heavy atom. The highest BCUT2D eigenvalue weighted by Crippen LogP contribution is 2.19. The molecule has 0 saturated heterocycles. The van der Waals surface area contributed by atoms with Gasteiger partial charge in [0.05, 0.1) is 0 Å². The van der Waals surface area contributed by atoms with Gasteiger partial charge in [-0.25, -0.2) is 0 Å². The minimum atomic E-state index is 0.602. The van der Waals surface area contributed by atoms with E-state index >= 15 is 0 Å². The minimum absolute atomic E-state index is 0.602. The second kappa shape index (κ2) is 13.1. The molecule has 0 aromatic rings. The first kappa shape index (κ1) is 17.7. The van der Waals surface area contributed by atoms with E-state index in [2.05, 4.69) is 32.9 Å². The molecule has 108 valence electrons. The number of allylic oxidation sites excluding steroid dienone is 1. The molecule has 18 heavy (non-hydrogen) atoms. The van der Waals surface area contributed by atoms with E-state index in [1.54, 1.807) is 0 Å². The summed E-state index contributed by atoms with van der Waals surface area (Å²) in [6.07, 6.45) is 16.7. The third-order valence-electron chi connectivity index (χ3n) is 3.98. The zero-order valence-electron chi connectivity index (χ0n) is 13.0. The van der Waals surface area contributed by atoms with Gasteiger partial charge in [-0.3, -0.25) is 0 Å². The van der Waals surface area contributed by atoms with E-state index in [1.165, 1.54) is 57.8 Å². The second-order valence-corrected chi connectivity index (χ2v) is 5.55. The maximum absolute atomic E-state index is 5.86. The summed E-state index contributed by atoms with van der Waals surface area (Å²) in [6, 6.07) is 0. The highest BCUT2D eigenvalue weighted by molar-refractivity contribution is 4.89. The van der Waals surface area contributed by atoms with E-state index in [9.17, 15) is 0 Å². The molecule has 0 amide bonds. The van der Waals surface area contributed by atoms with E-state index in [1.807, 2.05) is 0 Å². The van der Waals surface area contributed by atoms with Crippen molar-refractivity contribution >= 4 is 0 Å². The lowest BCUT2D eigenvalue weighted by Crippen LogP contribution is -2.15. The first-order valence-electron chi connectivity index (χ1n) is 8.15. The summed E-state index contributed by atoms with van der Waals surface area (Å²) in [4.78, 5) is 0. The molecule has 0 spiro atoms. The molecule has 2 N–H and O–H groups in total. The van der Waals surface area contributed by atoms with Gasteiger partial charge in [-0.05, 0) is 37.6 Å². The van der Waals surface area contributed by atoms with Gasteiger partial charge < -0.3 is 5.73 Å². The summed E-state index contributed by atoms with van der Waals surface area (Å²) in [7, 11) is 0. The summed E-state index contributed by atoms with van der Waals surface area (Å²) < 4.78 is 0. The third kappa shape index (κ3) is 9.70. The molecule has 0 aliphatic carbocycles. The fourth-order valence-corrected chi connectivity index (χ4v) is 2.46. The van der Waals surface area contributed by atoms with Gasteiger partial charge in [-0.15, -0.1) is 0 Å². The van der Waals surface area contributed by atoms with Gasteiger partial charge in [-0.1, -0.05) is 71.4 Å². The van der Waals surface area contributed by atoms with Crippen LogP contribution >= 0.6 is 0 Å². The number of hydrogen-bond donors (Lipinski definition) is 1. The highest BCUT2D eigenvalue weighted by Gasteiger charge is 2.09. The molecule has 0 aromatic heterocycles. The fraction of sp³-hybridized carbons (Fsp3) is 0.882. The molecule has 0 bridgehead atoms. The molecule has 0 radical (unpaired) electrons. The summed E-state index contributed by atoms with van der Waals surface area (Å²) in [6.45, 7) is 7.66. The van der Waals surface area contributed by atoms with Crippen LogP contribution in [0.5, 0.6) is 0 Å². The van der Waals surface area contributed by atoms with Crippen molar-refractivity contribution in [1.82, 2.24) is 0 Å². The van der Waals surface area contributed by atoms with Crippen LogP contribution in [0.15, 0.2) is 12.2 Å². The zero-order valence-corrected chi connectivity index (χ0v) is 13.0. The van der Waals surface area contributed by atoms with Crippen LogP contribution in [0.4, 0.5) is 0 Å². The van der Waals surface area contributed by atoms with E-state index < -0.39 is 0 Å². The fourth-order valence-electron chi connectivity index (χ4n) is 2.46. The number of rotatable bonds is 12. The van der Waals surface area contributed by atoms with Gasteiger partial charge in [0.2, 0.25) is 0 Å². The Kier molecular flexibility index (Phi) is 12.9. The monoisotopic (exact) mass is 253 g/mol. The van der Waals surface area contributed by atoms with Gasteiger partial charge in [0.25, 0.3) is 0 Å². The molecule has 1 heteroatoms. The molecule has 0 rings (SSSR count). The Balaban J connectivity index is 3.69. The van der Waals surface area contributed by atoms with E-state index in [0.717, 1.165) is 12.5 Å². The minimum Gasteiger partial charge on any atom is -0.330 e. The lowest BCUT2D eigenvalue weighted by Gasteiger charge is -2.17. The number of nitrogens with two attached hydrogens (primary N) is 1. The van der Waals surface area contributed by atoms with Crippen LogP contribution in [0.1, 0.15) is 78.6 Å². The smallest absolute Gasteiger partial charge is 0.00141 e. The normalized spacial score (nSPS) is 13.6. The maximum atomic E-state index is 5.86. The molecule has 0 heterocycles. The van der Waals surface area contributed by atoms with Crippen LogP contribution < -0.4 is 5.73 Å². The van der Waals surface area contributed by atoms with Gasteiger partial charge in [0, 0.05) is 0 Å². The van der Waals surface area contributed by atoms with Crippen LogP contribution in [0.25, 0.3) is 0 Å². The first-order chi connectivity index (χ1) is 8.78. The SMILES string of the molecule is CCCCCCC/C=C\C(CN)CC(CC)CC. The van der Waals surface area contributed by atoms with Crippen LogP contribution in [-0.2, 0) is 0 Å². The Labute approximate surface area is 115 Å². The predicted molar refractivity (Wildman–Crippen MR) is 83.7 cm³/mol. The molecule has 0 aliphatic heterocycles. The second-order valence-electron chi connectivity index (χ2n) is 5.55. The van der Waals surface area contributed by atoms with Crippen molar-refractivity contribution in [1.29, 1.82) is 0 Å². The van der Waals surface area contributed by atoms with Crippen molar-refractivity contribution in [3.8, 4) is 0 Å². The topological polar surface area (TPSA) is 26.0 Å². The van der Waals surface area contributed by atoms with Crippen molar-refractivity contribution < 1.29 is 0 Å². The molecule has 0 fully saturated rings. The number of hydrogen-bond acceptors (Lipinski definition) is 1. The van der Waals surface area contributed by atoms with Crippen molar-refractivity contribution in [2.45, 2.75) is 78.6 Å². The van der Waals surface area contributed by atoms with Gasteiger partial charge >= 0.3 is 0 Å². The van der Waals surface area contributed by atoms with Crippen LogP contribution in [0, 0.1) is 11.8 Å². The Morgan fingerprint density at radius 3 is 2.17 bits per heavy atom.